The second-order valence-corrected chi connectivity index (χ2v) is 4.01. The van der Waals surface area contributed by atoms with Gasteiger partial charge in [0, 0.05) is 6.54 Å². The van der Waals surface area contributed by atoms with E-state index >= 15 is 0 Å². The highest BCUT2D eigenvalue weighted by Crippen LogP contribution is 2.18. The van der Waals surface area contributed by atoms with Crippen LogP contribution in [-0.2, 0) is 0 Å². The van der Waals surface area contributed by atoms with Crippen molar-refractivity contribution >= 4 is 0 Å². The van der Waals surface area contributed by atoms with Crippen LogP contribution in [0.5, 0.6) is 5.75 Å². The summed E-state index contributed by atoms with van der Waals surface area (Å²) < 4.78 is 5.68. The van der Waals surface area contributed by atoms with Crippen LogP contribution in [0.1, 0.15) is 17.5 Å². The number of nitrogens with one attached hydrogen (secondary N) is 1. The Bertz CT molecular complexity index is 313. The Morgan fingerprint density at radius 1 is 1.25 bits per heavy atom. The molecule has 0 aromatic heterocycles. The van der Waals surface area contributed by atoms with Crippen molar-refractivity contribution in [3.63, 3.8) is 0 Å². The zero-order valence-corrected chi connectivity index (χ0v) is 10.3. The predicted molar refractivity (Wildman–Crippen MR) is 68.0 cm³/mol. The molecule has 0 aliphatic heterocycles. The molecule has 0 unspecified atom stereocenters. The molecule has 16 heavy (non-hydrogen) atoms. The Balaban J connectivity index is 2.21. The largest absolute Gasteiger partial charge is 0.492 e. The van der Waals surface area contributed by atoms with Crippen molar-refractivity contribution < 1.29 is 4.74 Å². The van der Waals surface area contributed by atoms with Crippen LogP contribution in [0, 0.1) is 13.8 Å². The molecule has 0 saturated carbocycles. The molecular formula is C13H22N2O. The summed E-state index contributed by atoms with van der Waals surface area (Å²) in [6.07, 6.45) is 1.02. The Kier molecular flexibility index (Phi) is 5.90. The summed E-state index contributed by atoms with van der Waals surface area (Å²) >= 11 is 0. The van der Waals surface area contributed by atoms with E-state index in [1.807, 2.05) is 6.07 Å². The summed E-state index contributed by atoms with van der Waals surface area (Å²) in [5.74, 6) is 0.978. The van der Waals surface area contributed by atoms with Gasteiger partial charge in [-0.2, -0.15) is 0 Å². The van der Waals surface area contributed by atoms with Gasteiger partial charge in [-0.15, -0.1) is 0 Å². The van der Waals surface area contributed by atoms with Gasteiger partial charge in [-0.1, -0.05) is 17.7 Å². The normalized spacial score (nSPS) is 10.4. The number of hydrogen-bond donors (Lipinski definition) is 2. The number of hydrogen-bond acceptors (Lipinski definition) is 3. The molecule has 1 aromatic rings. The maximum atomic E-state index is 5.68. The lowest BCUT2D eigenvalue weighted by Gasteiger charge is -2.10. The lowest BCUT2D eigenvalue weighted by Crippen LogP contribution is -2.23. The van der Waals surface area contributed by atoms with E-state index in [1.54, 1.807) is 0 Å². The van der Waals surface area contributed by atoms with Gasteiger partial charge in [0.05, 0.1) is 0 Å². The minimum atomic E-state index is 0.703. The van der Waals surface area contributed by atoms with Crippen LogP contribution in [0.15, 0.2) is 18.2 Å². The molecule has 0 radical (unpaired) electrons. The quantitative estimate of drug-likeness (QED) is 0.689. The minimum absolute atomic E-state index is 0.703. The molecule has 0 aliphatic carbocycles. The van der Waals surface area contributed by atoms with Crippen molar-refractivity contribution in [2.45, 2.75) is 20.3 Å². The van der Waals surface area contributed by atoms with Crippen molar-refractivity contribution in [3.8, 4) is 5.75 Å². The summed E-state index contributed by atoms with van der Waals surface area (Å²) in [7, 11) is 0. The molecule has 0 heterocycles. The van der Waals surface area contributed by atoms with Crippen molar-refractivity contribution in [3.05, 3.63) is 29.3 Å². The van der Waals surface area contributed by atoms with Crippen molar-refractivity contribution in [2.75, 3.05) is 26.2 Å². The monoisotopic (exact) mass is 222 g/mol. The lowest BCUT2D eigenvalue weighted by molar-refractivity contribution is 0.312. The lowest BCUT2D eigenvalue weighted by atomic mass is 10.1. The van der Waals surface area contributed by atoms with E-state index in [0.717, 1.165) is 31.8 Å². The van der Waals surface area contributed by atoms with Gasteiger partial charge in [0.25, 0.3) is 0 Å². The number of rotatable bonds is 7. The van der Waals surface area contributed by atoms with Crippen LogP contribution >= 0.6 is 0 Å². The zero-order valence-electron chi connectivity index (χ0n) is 10.3. The summed E-state index contributed by atoms with van der Waals surface area (Å²) in [5.41, 5.74) is 7.86. The molecule has 0 bridgehead atoms. The van der Waals surface area contributed by atoms with Gasteiger partial charge in [-0.05, 0) is 45.0 Å². The van der Waals surface area contributed by atoms with Crippen LogP contribution in [0.25, 0.3) is 0 Å². The molecule has 3 N–H and O–H groups in total. The number of aryl methyl sites for hydroxylation is 2. The Hall–Kier alpha value is -1.06. The summed E-state index contributed by atoms with van der Waals surface area (Å²) in [5, 5.41) is 3.28. The fourth-order valence-electron chi connectivity index (χ4n) is 1.55. The number of ether oxygens (including phenoxy) is 1. The standard InChI is InChI=1S/C13H22N2O/c1-11-4-5-13(12(2)10-11)16-9-8-15-7-3-6-14/h4-5,10,15H,3,6-9,14H2,1-2H3. The van der Waals surface area contributed by atoms with Crippen molar-refractivity contribution in [1.29, 1.82) is 0 Å². The third kappa shape index (κ3) is 4.64. The zero-order chi connectivity index (χ0) is 11.8. The Labute approximate surface area is 98.0 Å². The first kappa shape index (κ1) is 13.0. The third-order valence-corrected chi connectivity index (χ3v) is 2.42. The fourth-order valence-corrected chi connectivity index (χ4v) is 1.55. The van der Waals surface area contributed by atoms with E-state index in [9.17, 15) is 0 Å². The average Bonchev–Trinajstić information content (AvgIpc) is 2.26. The van der Waals surface area contributed by atoms with Gasteiger partial charge < -0.3 is 15.8 Å². The van der Waals surface area contributed by atoms with Gasteiger partial charge in [0.2, 0.25) is 0 Å². The van der Waals surface area contributed by atoms with Crippen LogP contribution in [0.2, 0.25) is 0 Å². The smallest absolute Gasteiger partial charge is 0.122 e. The van der Waals surface area contributed by atoms with E-state index in [1.165, 1.54) is 11.1 Å². The highest BCUT2D eigenvalue weighted by atomic mass is 16.5. The van der Waals surface area contributed by atoms with Crippen LogP contribution in [-0.4, -0.2) is 26.2 Å². The Morgan fingerprint density at radius 3 is 2.75 bits per heavy atom. The maximum Gasteiger partial charge on any atom is 0.122 e. The number of nitrogens with two attached hydrogens (primary N) is 1. The molecule has 0 amide bonds. The third-order valence-electron chi connectivity index (χ3n) is 2.42. The van der Waals surface area contributed by atoms with Gasteiger partial charge in [-0.25, -0.2) is 0 Å². The van der Waals surface area contributed by atoms with Gasteiger partial charge in [-0.3, -0.25) is 0 Å². The molecule has 0 aliphatic rings. The van der Waals surface area contributed by atoms with Gasteiger partial charge in [0.1, 0.15) is 12.4 Å². The van der Waals surface area contributed by atoms with E-state index in [2.05, 4.69) is 31.3 Å². The van der Waals surface area contributed by atoms with Crippen LogP contribution in [0.4, 0.5) is 0 Å². The van der Waals surface area contributed by atoms with Gasteiger partial charge in [0.15, 0.2) is 0 Å². The molecule has 0 fully saturated rings. The second kappa shape index (κ2) is 7.25. The first-order valence-corrected chi connectivity index (χ1v) is 5.85. The summed E-state index contributed by atoms with van der Waals surface area (Å²) in [6, 6.07) is 6.24. The van der Waals surface area contributed by atoms with Crippen molar-refractivity contribution in [1.82, 2.24) is 5.32 Å². The van der Waals surface area contributed by atoms with Gasteiger partial charge >= 0.3 is 0 Å². The van der Waals surface area contributed by atoms with E-state index in [4.69, 9.17) is 10.5 Å². The highest BCUT2D eigenvalue weighted by Gasteiger charge is 1.98. The molecule has 3 heteroatoms. The Morgan fingerprint density at radius 2 is 2.06 bits per heavy atom. The van der Waals surface area contributed by atoms with E-state index < -0.39 is 0 Å². The predicted octanol–water partition coefficient (Wildman–Crippen LogP) is 1.62. The molecular weight excluding hydrogens is 200 g/mol. The van der Waals surface area contributed by atoms with E-state index in [-0.39, 0.29) is 0 Å². The molecule has 1 aromatic carbocycles. The molecule has 1 rings (SSSR count). The minimum Gasteiger partial charge on any atom is -0.492 e. The molecule has 0 atom stereocenters. The fraction of sp³-hybridized carbons (Fsp3) is 0.538. The summed E-state index contributed by atoms with van der Waals surface area (Å²) in [4.78, 5) is 0. The molecule has 90 valence electrons. The maximum absolute atomic E-state index is 5.68. The molecule has 0 spiro atoms. The molecule has 3 nitrogen and oxygen atoms in total. The van der Waals surface area contributed by atoms with Crippen LogP contribution < -0.4 is 15.8 Å². The summed E-state index contributed by atoms with van der Waals surface area (Å²) in [6.45, 7) is 7.44. The highest BCUT2D eigenvalue weighted by molar-refractivity contribution is 5.35. The van der Waals surface area contributed by atoms with Crippen molar-refractivity contribution in [2.24, 2.45) is 5.73 Å². The second-order valence-electron chi connectivity index (χ2n) is 4.01. The first-order valence-electron chi connectivity index (χ1n) is 5.85. The topological polar surface area (TPSA) is 47.3 Å². The molecule has 0 saturated heterocycles. The average molecular weight is 222 g/mol. The van der Waals surface area contributed by atoms with E-state index in [0.29, 0.717) is 6.61 Å². The first-order chi connectivity index (χ1) is 7.74. The SMILES string of the molecule is Cc1ccc(OCCNCCCN)c(C)c1. The number of benzene rings is 1. The van der Waals surface area contributed by atoms with Crippen LogP contribution in [0.3, 0.4) is 0 Å².